The zero-order valence-corrected chi connectivity index (χ0v) is 16.9. The van der Waals surface area contributed by atoms with Gasteiger partial charge in [-0.1, -0.05) is 0 Å². The Hall–Kier alpha value is -3.22. The van der Waals surface area contributed by atoms with Crippen LogP contribution >= 0.6 is 0 Å². The average molecular weight is 428 g/mol. The molecule has 1 fully saturated rings. The Morgan fingerprint density at radius 3 is 2.23 bits per heavy atom. The first-order valence-electron chi connectivity index (χ1n) is 9.42. The molecular weight excluding hydrogens is 400 g/mol. The normalized spacial score (nSPS) is 17.4. The number of carboxylic acids is 1. The fourth-order valence-electron chi connectivity index (χ4n) is 2.76. The molecule has 0 unspecified atom stereocenters. The molecule has 0 saturated carbocycles. The van der Waals surface area contributed by atoms with Crippen LogP contribution in [-0.4, -0.2) is 89.8 Å². The van der Waals surface area contributed by atoms with Crippen LogP contribution in [0, 0.1) is 0 Å². The summed E-state index contributed by atoms with van der Waals surface area (Å²) in [5, 5.41) is 17.9. The molecule has 13 nitrogen and oxygen atoms in total. The molecule has 1 aliphatic heterocycles. The van der Waals surface area contributed by atoms with Crippen LogP contribution in [0.4, 0.5) is 0 Å². The Labute approximate surface area is 173 Å². The first kappa shape index (κ1) is 24.8. The minimum Gasteiger partial charge on any atom is -0.480 e. The maximum absolute atomic E-state index is 12.6. The standard InChI is InChI=1S/C17H28N6O7/c1-9(18)15(28)20-6-12(24)19-7-13(25)22-10(2)17(30)23-5-3-4-11(23)16(29)21-8-14(26)27/h9-11H,3-8,18H2,1-2H3,(H,19,24)(H,20,28)(H,21,29)(H,22,25)(H,26,27)/t9-,10-,11-/m0/s1. The van der Waals surface area contributed by atoms with E-state index in [1.165, 1.54) is 18.7 Å². The zero-order valence-electron chi connectivity index (χ0n) is 16.9. The van der Waals surface area contributed by atoms with Gasteiger partial charge in [0.05, 0.1) is 19.1 Å². The van der Waals surface area contributed by atoms with Crippen molar-refractivity contribution in [3.63, 3.8) is 0 Å². The Morgan fingerprint density at radius 1 is 1.00 bits per heavy atom. The van der Waals surface area contributed by atoms with Crippen LogP contribution in [0.1, 0.15) is 26.7 Å². The summed E-state index contributed by atoms with van der Waals surface area (Å²) in [5.41, 5.74) is 5.34. The van der Waals surface area contributed by atoms with Crippen molar-refractivity contribution in [2.24, 2.45) is 5.73 Å². The van der Waals surface area contributed by atoms with Gasteiger partial charge in [-0.05, 0) is 26.7 Å². The summed E-state index contributed by atoms with van der Waals surface area (Å²) >= 11 is 0. The number of carbonyl (C=O) groups is 6. The van der Waals surface area contributed by atoms with Gasteiger partial charge in [-0.15, -0.1) is 0 Å². The summed E-state index contributed by atoms with van der Waals surface area (Å²) in [6.07, 6.45) is 0.960. The van der Waals surface area contributed by atoms with E-state index in [-0.39, 0.29) is 6.54 Å². The summed E-state index contributed by atoms with van der Waals surface area (Å²) in [6.45, 7) is 1.90. The number of hydrogen-bond donors (Lipinski definition) is 6. The van der Waals surface area contributed by atoms with Gasteiger partial charge >= 0.3 is 5.97 Å². The molecule has 1 heterocycles. The SMILES string of the molecule is C[C@H](N)C(=O)NCC(=O)NCC(=O)N[C@@H](C)C(=O)N1CCC[C@H]1C(=O)NCC(=O)O. The molecule has 3 atom stereocenters. The van der Waals surface area contributed by atoms with Crippen molar-refractivity contribution < 1.29 is 33.9 Å². The molecule has 1 rings (SSSR count). The largest absolute Gasteiger partial charge is 0.480 e. The van der Waals surface area contributed by atoms with Gasteiger partial charge in [-0.25, -0.2) is 0 Å². The van der Waals surface area contributed by atoms with E-state index in [2.05, 4.69) is 21.3 Å². The predicted octanol–water partition coefficient (Wildman–Crippen LogP) is -3.74. The van der Waals surface area contributed by atoms with Gasteiger partial charge in [0.15, 0.2) is 0 Å². The molecule has 1 saturated heterocycles. The number of aliphatic carboxylic acids is 1. The summed E-state index contributed by atoms with van der Waals surface area (Å²) in [7, 11) is 0. The quantitative estimate of drug-likeness (QED) is 0.204. The number of nitrogens with two attached hydrogens (primary N) is 1. The molecule has 5 amide bonds. The molecule has 13 heteroatoms. The van der Waals surface area contributed by atoms with Crippen LogP contribution < -0.4 is 27.0 Å². The maximum Gasteiger partial charge on any atom is 0.322 e. The molecule has 7 N–H and O–H groups in total. The minimum atomic E-state index is -1.20. The Bertz CT molecular complexity index is 696. The van der Waals surface area contributed by atoms with E-state index < -0.39 is 66.7 Å². The second kappa shape index (κ2) is 11.7. The fourth-order valence-corrected chi connectivity index (χ4v) is 2.76. The predicted molar refractivity (Wildman–Crippen MR) is 103 cm³/mol. The molecule has 1 aliphatic rings. The lowest BCUT2D eigenvalue weighted by Gasteiger charge is -2.27. The number of likely N-dealkylation sites (tertiary alicyclic amines) is 1. The maximum atomic E-state index is 12.6. The second-order valence-corrected chi connectivity index (χ2v) is 6.87. The summed E-state index contributed by atoms with van der Waals surface area (Å²) < 4.78 is 0. The van der Waals surface area contributed by atoms with Crippen LogP contribution in [0.5, 0.6) is 0 Å². The zero-order chi connectivity index (χ0) is 22.8. The smallest absolute Gasteiger partial charge is 0.322 e. The molecule has 0 aromatic rings. The van der Waals surface area contributed by atoms with Gasteiger partial charge < -0.3 is 37.0 Å². The number of nitrogens with one attached hydrogen (secondary N) is 4. The van der Waals surface area contributed by atoms with Crippen LogP contribution in [0.25, 0.3) is 0 Å². The molecule has 0 aromatic heterocycles. The van der Waals surface area contributed by atoms with E-state index in [1.807, 2.05) is 0 Å². The Kier molecular flexibility index (Phi) is 9.68. The second-order valence-electron chi connectivity index (χ2n) is 6.87. The van der Waals surface area contributed by atoms with E-state index >= 15 is 0 Å². The van der Waals surface area contributed by atoms with Crippen molar-refractivity contribution in [3.05, 3.63) is 0 Å². The van der Waals surface area contributed by atoms with Crippen LogP contribution in [0.3, 0.4) is 0 Å². The van der Waals surface area contributed by atoms with Gasteiger partial charge in [0, 0.05) is 6.54 Å². The highest BCUT2D eigenvalue weighted by molar-refractivity contribution is 5.94. The van der Waals surface area contributed by atoms with Gasteiger partial charge in [0.1, 0.15) is 18.6 Å². The summed E-state index contributed by atoms with van der Waals surface area (Å²) in [4.78, 5) is 71.4. The van der Waals surface area contributed by atoms with E-state index in [0.29, 0.717) is 19.4 Å². The van der Waals surface area contributed by atoms with Crippen LogP contribution in [0.2, 0.25) is 0 Å². The Morgan fingerprint density at radius 2 is 1.63 bits per heavy atom. The van der Waals surface area contributed by atoms with E-state index in [9.17, 15) is 28.8 Å². The van der Waals surface area contributed by atoms with Gasteiger partial charge in [-0.2, -0.15) is 0 Å². The van der Waals surface area contributed by atoms with Crippen LogP contribution in [-0.2, 0) is 28.8 Å². The number of nitrogens with zero attached hydrogens (tertiary/aromatic N) is 1. The number of amides is 5. The highest BCUT2D eigenvalue weighted by Crippen LogP contribution is 2.18. The third-order valence-corrected chi connectivity index (χ3v) is 4.28. The molecule has 0 bridgehead atoms. The van der Waals surface area contributed by atoms with Crippen molar-refractivity contribution in [2.45, 2.75) is 44.8 Å². The molecule has 0 aromatic carbocycles. The van der Waals surface area contributed by atoms with Crippen molar-refractivity contribution >= 4 is 35.5 Å². The molecular formula is C17H28N6O7. The lowest BCUT2D eigenvalue weighted by Crippen LogP contribution is -2.54. The topological polar surface area (TPSA) is 200 Å². The molecule has 0 radical (unpaired) electrons. The number of carboxylic acid groups (broad SMARTS) is 1. The van der Waals surface area contributed by atoms with Gasteiger partial charge in [-0.3, -0.25) is 28.8 Å². The summed E-state index contributed by atoms with van der Waals surface area (Å²) in [5.74, 6) is -4.00. The fraction of sp³-hybridized carbons (Fsp3) is 0.647. The monoisotopic (exact) mass is 428 g/mol. The lowest BCUT2D eigenvalue weighted by molar-refractivity contribution is -0.142. The van der Waals surface area contributed by atoms with E-state index in [1.54, 1.807) is 0 Å². The minimum absolute atomic E-state index is 0.306. The van der Waals surface area contributed by atoms with Gasteiger partial charge in [0.25, 0.3) is 0 Å². The van der Waals surface area contributed by atoms with Crippen molar-refractivity contribution in [3.8, 4) is 0 Å². The highest BCUT2D eigenvalue weighted by atomic mass is 16.4. The first-order chi connectivity index (χ1) is 14.0. The third kappa shape index (κ3) is 8.03. The average Bonchev–Trinajstić information content (AvgIpc) is 3.17. The Balaban J connectivity index is 2.45. The molecule has 0 aliphatic carbocycles. The number of rotatable bonds is 10. The number of hydrogen-bond acceptors (Lipinski definition) is 7. The highest BCUT2D eigenvalue weighted by Gasteiger charge is 2.36. The molecule has 30 heavy (non-hydrogen) atoms. The van der Waals surface area contributed by atoms with Crippen LogP contribution in [0.15, 0.2) is 0 Å². The first-order valence-corrected chi connectivity index (χ1v) is 9.42. The van der Waals surface area contributed by atoms with Crippen molar-refractivity contribution in [2.75, 3.05) is 26.2 Å². The molecule has 168 valence electrons. The van der Waals surface area contributed by atoms with Crippen molar-refractivity contribution in [1.29, 1.82) is 0 Å². The van der Waals surface area contributed by atoms with Gasteiger partial charge in [0.2, 0.25) is 29.5 Å². The molecule has 0 spiro atoms. The summed E-state index contributed by atoms with van der Waals surface area (Å²) in [6, 6.07) is -2.53. The van der Waals surface area contributed by atoms with E-state index in [4.69, 9.17) is 10.8 Å². The van der Waals surface area contributed by atoms with Crippen molar-refractivity contribution in [1.82, 2.24) is 26.2 Å². The number of carbonyl (C=O) groups excluding carboxylic acids is 5. The lowest BCUT2D eigenvalue weighted by atomic mass is 10.2. The third-order valence-electron chi connectivity index (χ3n) is 4.28. The van der Waals surface area contributed by atoms with E-state index in [0.717, 1.165) is 0 Å².